The molecule has 1 heterocycles. The molecule has 2 nitrogen and oxygen atoms in total. The molecule has 0 atom stereocenters. The molecule has 1 aromatic carbocycles. The van der Waals surface area contributed by atoms with E-state index in [1.165, 1.54) is 12.1 Å². The van der Waals surface area contributed by atoms with Crippen LogP contribution in [0.2, 0.25) is 0 Å². The summed E-state index contributed by atoms with van der Waals surface area (Å²) in [6.45, 7) is 1.55. The van der Waals surface area contributed by atoms with Gasteiger partial charge in [-0.25, -0.2) is 4.39 Å². The van der Waals surface area contributed by atoms with Gasteiger partial charge in [-0.3, -0.25) is 0 Å². The summed E-state index contributed by atoms with van der Waals surface area (Å²) in [4.78, 5) is 0.837. The zero-order valence-corrected chi connectivity index (χ0v) is 9.60. The second kappa shape index (κ2) is 5.33. The summed E-state index contributed by atoms with van der Waals surface area (Å²) in [5, 5.41) is 9.22. The molecule has 0 radical (unpaired) electrons. The Balaban J connectivity index is 2.08. The number of thioether (sulfide) groups is 1. The van der Waals surface area contributed by atoms with Crippen LogP contribution in [-0.2, 0) is 4.74 Å². The van der Waals surface area contributed by atoms with Crippen LogP contribution in [-0.4, -0.2) is 18.5 Å². The van der Waals surface area contributed by atoms with Crippen LogP contribution in [0, 0.1) is 17.1 Å². The van der Waals surface area contributed by atoms with E-state index in [1.54, 1.807) is 17.8 Å². The lowest BCUT2D eigenvalue weighted by Gasteiger charge is -2.21. The van der Waals surface area contributed by atoms with Gasteiger partial charge in [-0.1, -0.05) is 0 Å². The highest BCUT2D eigenvalue weighted by atomic mass is 32.2. The highest BCUT2D eigenvalue weighted by molar-refractivity contribution is 8.00. The molecule has 1 saturated heterocycles. The van der Waals surface area contributed by atoms with Gasteiger partial charge in [0.25, 0.3) is 0 Å². The van der Waals surface area contributed by atoms with Crippen LogP contribution < -0.4 is 0 Å². The van der Waals surface area contributed by atoms with Crippen molar-refractivity contribution in [2.45, 2.75) is 23.0 Å². The normalized spacial score (nSPS) is 17.0. The van der Waals surface area contributed by atoms with E-state index < -0.39 is 0 Å². The van der Waals surface area contributed by atoms with Crippen molar-refractivity contribution in [1.29, 1.82) is 5.26 Å². The van der Waals surface area contributed by atoms with E-state index in [0.29, 0.717) is 10.8 Å². The van der Waals surface area contributed by atoms with Crippen LogP contribution in [0.4, 0.5) is 4.39 Å². The van der Waals surface area contributed by atoms with Gasteiger partial charge in [0.15, 0.2) is 0 Å². The largest absolute Gasteiger partial charge is 0.381 e. The van der Waals surface area contributed by atoms with E-state index >= 15 is 0 Å². The van der Waals surface area contributed by atoms with E-state index in [-0.39, 0.29) is 5.82 Å². The Bertz CT molecular complexity index is 410. The lowest BCUT2D eigenvalue weighted by molar-refractivity contribution is 0.100. The number of hydrogen-bond donors (Lipinski definition) is 0. The average Bonchev–Trinajstić information content (AvgIpc) is 2.29. The lowest BCUT2D eigenvalue weighted by Crippen LogP contribution is -2.17. The molecule has 0 saturated carbocycles. The quantitative estimate of drug-likeness (QED) is 0.792. The summed E-state index contributed by atoms with van der Waals surface area (Å²) >= 11 is 1.64. The maximum absolute atomic E-state index is 13.2. The van der Waals surface area contributed by atoms with E-state index in [0.717, 1.165) is 31.0 Å². The third-order valence-corrected chi connectivity index (χ3v) is 3.78. The molecule has 2 rings (SSSR count). The first kappa shape index (κ1) is 11.4. The van der Waals surface area contributed by atoms with Crippen molar-refractivity contribution >= 4 is 11.8 Å². The molecular formula is C12H12FNOS. The molecule has 0 unspecified atom stereocenters. The van der Waals surface area contributed by atoms with Crippen LogP contribution >= 0.6 is 11.8 Å². The zero-order valence-electron chi connectivity index (χ0n) is 8.78. The van der Waals surface area contributed by atoms with Crippen molar-refractivity contribution in [2.24, 2.45) is 0 Å². The first-order valence-electron chi connectivity index (χ1n) is 5.23. The fourth-order valence-corrected chi connectivity index (χ4v) is 2.87. The zero-order chi connectivity index (χ0) is 11.4. The Morgan fingerprint density at radius 2 is 2.06 bits per heavy atom. The summed E-state index contributed by atoms with van der Waals surface area (Å²) in [5.41, 5.74) is 0.384. The Kier molecular flexibility index (Phi) is 3.81. The van der Waals surface area contributed by atoms with Gasteiger partial charge in [0, 0.05) is 23.4 Å². The summed E-state index contributed by atoms with van der Waals surface area (Å²) in [5.74, 6) is -0.339. The number of nitriles is 1. The van der Waals surface area contributed by atoms with Gasteiger partial charge in [0.05, 0.1) is 11.6 Å². The van der Waals surface area contributed by atoms with Crippen molar-refractivity contribution in [3.05, 3.63) is 29.6 Å². The fraction of sp³-hybridized carbons (Fsp3) is 0.417. The van der Waals surface area contributed by atoms with Gasteiger partial charge in [-0.2, -0.15) is 5.26 Å². The van der Waals surface area contributed by atoms with Gasteiger partial charge in [-0.05, 0) is 31.0 Å². The van der Waals surface area contributed by atoms with Crippen molar-refractivity contribution in [3.8, 4) is 6.07 Å². The van der Waals surface area contributed by atoms with Crippen LogP contribution in [0.1, 0.15) is 18.4 Å². The molecule has 0 bridgehead atoms. The molecule has 84 valence electrons. The molecule has 0 aliphatic carbocycles. The summed E-state index contributed by atoms with van der Waals surface area (Å²) in [6.07, 6.45) is 1.98. The number of halogens is 1. The molecule has 1 aliphatic heterocycles. The molecular weight excluding hydrogens is 225 g/mol. The van der Waals surface area contributed by atoms with Crippen LogP contribution in [0.25, 0.3) is 0 Å². The van der Waals surface area contributed by atoms with Gasteiger partial charge in [0.2, 0.25) is 0 Å². The van der Waals surface area contributed by atoms with Crippen LogP contribution in [0.15, 0.2) is 23.1 Å². The lowest BCUT2D eigenvalue weighted by atomic mass is 10.2. The number of hydrogen-bond acceptors (Lipinski definition) is 3. The fourth-order valence-electron chi connectivity index (χ4n) is 1.68. The topological polar surface area (TPSA) is 33.0 Å². The predicted molar refractivity (Wildman–Crippen MR) is 60.8 cm³/mol. The van der Waals surface area contributed by atoms with E-state index in [9.17, 15) is 4.39 Å². The van der Waals surface area contributed by atoms with E-state index in [2.05, 4.69) is 0 Å². The molecule has 4 heteroatoms. The highest BCUT2D eigenvalue weighted by Gasteiger charge is 2.15. The minimum absolute atomic E-state index is 0.339. The molecule has 0 aromatic heterocycles. The molecule has 1 fully saturated rings. The van der Waals surface area contributed by atoms with Crippen LogP contribution in [0.5, 0.6) is 0 Å². The Labute approximate surface area is 98.4 Å². The molecule has 1 aromatic rings. The Hall–Kier alpha value is -1.05. The SMILES string of the molecule is N#Cc1cc(F)cc(SC2CCOCC2)c1. The van der Waals surface area contributed by atoms with Crippen LogP contribution in [0.3, 0.4) is 0 Å². The number of benzene rings is 1. The second-order valence-electron chi connectivity index (χ2n) is 3.72. The van der Waals surface area contributed by atoms with Crippen molar-refractivity contribution in [2.75, 3.05) is 13.2 Å². The van der Waals surface area contributed by atoms with Crippen molar-refractivity contribution < 1.29 is 9.13 Å². The minimum Gasteiger partial charge on any atom is -0.381 e. The van der Waals surface area contributed by atoms with Crippen molar-refractivity contribution in [1.82, 2.24) is 0 Å². The minimum atomic E-state index is -0.339. The van der Waals surface area contributed by atoms with Crippen molar-refractivity contribution in [3.63, 3.8) is 0 Å². The standard InChI is InChI=1S/C12H12FNOS/c13-10-5-9(8-14)6-12(7-10)16-11-1-3-15-4-2-11/h5-7,11H,1-4H2. The summed E-state index contributed by atoms with van der Waals surface area (Å²) in [6, 6.07) is 6.45. The first-order valence-corrected chi connectivity index (χ1v) is 6.11. The second-order valence-corrected chi connectivity index (χ2v) is 5.09. The maximum Gasteiger partial charge on any atom is 0.125 e. The molecule has 0 spiro atoms. The number of ether oxygens (including phenoxy) is 1. The molecule has 16 heavy (non-hydrogen) atoms. The third-order valence-electron chi connectivity index (χ3n) is 2.47. The van der Waals surface area contributed by atoms with Gasteiger partial charge < -0.3 is 4.74 Å². The van der Waals surface area contributed by atoms with Gasteiger partial charge in [-0.15, -0.1) is 11.8 Å². The monoisotopic (exact) mass is 237 g/mol. The molecule has 0 amide bonds. The first-order chi connectivity index (χ1) is 7.78. The molecule has 1 aliphatic rings. The Morgan fingerprint density at radius 1 is 1.31 bits per heavy atom. The smallest absolute Gasteiger partial charge is 0.125 e. The number of nitrogens with zero attached hydrogens (tertiary/aromatic N) is 1. The predicted octanol–water partition coefficient (Wildman–Crippen LogP) is 2.97. The Morgan fingerprint density at radius 3 is 2.75 bits per heavy atom. The highest BCUT2D eigenvalue weighted by Crippen LogP contribution is 2.30. The summed E-state index contributed by atoms with van der Waals surface area (Å²) < 4.78 is 18.4. The van der Waals surface area contributed by atoms with E-state index in [4.69, 9.17) is 10.00 Å². The van der Waals surface area contributed by atoms with Gasteiger partial charge >= 0.3 is 0 Å². The average molecular weight is 237 g/mol. The maximum atomic E-state index is 13.2. The van der Waals surface area contributed by atoms with Gasteiger partial charge in [0.1, 0.15) is 5.82 Å². The summed E-state index contributed by atoms with van der Waals surface area (Å²) in [7, 11) is 0. The third kappa shape index (κ3) is 2.97. The molecule has 0 N–H and O–H groups in total. The van der Waals surface area contributed by atoms with E-state index in [1.807, 2.05) is 6.07 Å². The number of rotatable bonds is 2.